The second-order valence-electron chi connectivity index (χ2n) is 5.55. The summed E-state index contributed by atoms with van der Waals surface area (Å²) in [5.74, 6) is -1.37. The monoisotopic (exact) mass is 350 g/mol. The van der Waals surface area contributed by atoms with Crippen molar-refractivity contribution < 1.29 is 19.0 Å². The van der Waals surface area contributed by atoms with E-state index in [4.69, 9.17) is 16.3 Å². The van der Waals surface area contributed by atoms with Gasteiger partial charge in [-0.3, -0.25) is 14.7 Å². The van der Waals surface area contributed by atoms with Crippen LogP contribution in [0.15, 0.2) is 42.7 Å². The Morgan fingerprint density at radius 1 is 1.46 bits per heavy atom. The number of aliphatic carboxylic acids is 1. The Morgan fingerprint density at radius 3 is 2.96 bits per heavy atom. The number of ether oxygens (including phenoxy) is 1. The molecule has 2 heterocycles. The largest absolute Gasteiger partial charge is 0.480 e. The van der Waals surface area contributed by atoms with E-state index in [2.05, 4.69) is 4.98 Å². The first kappa shape index (κ1) is 16.8. The van der Waals surface area contributed by atoms with E-state index in [1.54, 1.807) is 30.6 Å². The molecule has 126 valence electrons. The van der Waals surface area contributed by atoms with Crippen LogP contribution in [0, 0.1) is 5.82 Å². The molecule has 24 heavy (non-hydrogen) atoms. The van der Waals surface area contributed by atoms with Gasteiger partial charge in [0.2, 0.25) is 0 Å². The maximum atomic E-state index is 13.2. The molecule has 5 nitrogen and oxygen atoms in total. The number of morpholine rings is 1. The van der Waals surface area contributed by atoms with Gasteiger partial charge in [0.1, 0.15) is 11.9 Å². The number of halogens is 2. The molecular weight excluding hydrogens is 335 g/mol. The van der Waals surface area contributed by atoms with E-state index in [0.29, 0.717) is 30.8 Å². The lowest BCUT2D eigenvalue weighted by atomic mass is 10.0. The van der Waals surface area contributed by atoms with Crippen LogP contribution in [-0.4, -0.2) is 40.7 Å². The Bertz CT molecular complexity index is 729. The van der Waals surface area contributed by atoms with E-state index in [1.165, 1.54) is 12.1 Å². The summed E-state index contributed by atoms with van der Waals surface area (Å²) in [6.07, 6.45) is 2.74. The summed E-state index contributed by atoms with van der Waals surface area (Å²) >= 11 is 6.10. The van der Waals surface area contributed by atoms with Crippen LogP contribution < -0.4 is 0 Å². The van der Waals surface area contributed by atoms with E-state index < -0.39 is 23.9 Å². The van der Waals surface area contributed by atoms with Crippen molar-refractivity contribution in [3.8, 4) is 0 Å². The van der Waals surface area contributed by atoms with Crippen molar-refractivity contribution in [1.29, 1.82) is 0 Å². The molecule has 3 rings (SSSR count). The van der Waals surface area contributed by atoms with E-state index in [1.807, 2.05) is 4.90 Å². The molecule has 1 aliphatic rings. The Morgan fingerprint density at radius 2 is 2.29 bits per heavy atom. The van der Waals surface area contributed by atoms with Crippen LogP contribution in [0.2, 0.25) is 5.02 Å². The summed E-state index contributed by atoms with van der Waals surface area (Å²) in [6.45, 7) is 1.18. The van der Waals surface area contributed by atoms with Gasteiger partial charge in [-0.25, -0.2) is 4.39 Å². The summed E-state index contributed by atoms with van der Waals surface area (Å²) in [6, 6.07) is 6.76. The Kier molecular flexibility index (Phi) is 5.08. The van der Waals surface area contributed by atoms with Gasteiger partial charge in [0.25, 0.3) is 0 Å². The lowest BCUT2D eigenvalue weighted by molar-refractivity contribution is -0.147. The van der Waals surface area contributed by atoms with E-state index in [-0.39, 0.29) is 5.02 Å². The molecule has 2 aromatic rings. The molecule has 7 heteroatoms. The summed E-state index contributed by atoms with van der Waals surface area (Å²) in [5, 5.41) is 9.91. The first-order chi connectivity index (χ1) is 11.6. The minimum absolute atomic E-state index is 0.273. The molecule has 1 N–H and O–H groups in total. The van der Waals surface area contributed by atoms with Gasteiger partial charge in [-0.15, -0.1) is 0 Å². The third-order valence-electron chi connectivity index (χ3n) is 4.01. The molecular formula is C17H16ClFN2O3. The molecule has 1 aromatic carbocycles. The Balaban J connectivity index is 1.85. The average Bonchev–Trinajstić information content (AvgIpc) is 2.56. The van der Waals surface area contributed by atoms with Gasteiger partial charge >= 0.3 is 5.97 Å². The number of aromatic nitrogens is 1. The number of carboxylic acid groups (broad SMARTS) is 1. The first-order valence-electron chi connectivity index (χ1n) is 7.49. The number of hydrogen-bond donors (Lipinski definition) is 1. The minimum atomic E-state index is -0.950. The lowest BCUT2D eigenvalue weighted by Crippen LogP contribution is -2.43. The van der Waals surface area contributed by atoms with Crippen molar-refractivity contribution in [3.63, 3.8) is 0 Å². The Labute approximate surface area is 143 Å². The van der Waals surface area contributed by atoms with Crippen molar-refractivity contribution in [2.45, 2.75) is 12.1 Å². The third kappa shape index (κ3) is 3.56. The van der Waals surface area contributed by atoms with Crippen LogP contribution in [0.1, 0.15) is 23.3 Å². The molecule has 1 aromatic heterocycles. The van der Waals surface area contributed by atoms with Crippen LogP contribution in [-0.2, 0) is 9.53 Å². The van der Waals surface area contributed by atoms with Gasteiger partial charge in [-0.05, 0) is 23.8 Å². The third-order valence-corrected chi connectivity index (χ3v) is 4.33. The van der Waals surface area contributed by atoms with E-state index in [9.17, 15) is 14.3 Å². The number of carboxylic acids is 1. The predicted octanol–water partition coefficient (Wildman–Crippen LogP) is 3.07. The zero-order chi connectivity index (χ0) is 17.1. The fourth-order valence-electron chi connectivity index (χ4n) is 2.90. The number of pyridine rings is 1. The average molecular weight is 351 g/mol. The smallest absolute Gasteiger partial charge is 0.325 e. The van der Waals surface area contributed by atoms with Crippen molar-refractivity contribution in [2.75, 3.05) is 19.7 Å². The van der Waals surface area contributed by atoms with Gasteiger partial charge in [0, 0.05) is 36.1 Å². The predicted molar refractivity (Wildman–Crippen MR) is 86.3 cm³/mol. The van der Waals surface area contributed by atoms with Crippen LogP contribution in [0.5, 0.6) is 0 Å². The zero-order valence-electron chi connectivity index (χ0n) is 12.7. The quantitative estimate of drug-likeness (QED) is 0.918. The summed E-state index contributed by atoms with van der Waals surface area (Å²) in [7, 11) is 0. The van der Waals surface area contributed by atoms with Gasteiger partial charge in [-0.2, -0.15) is 0 Å². The van der Waals surface area contributed by atoms with Crippen molar-refractivity contribution >= 4 is 17.6 Å². The van der Waals surface area contributed by atoms with Crippen molar-refractivity contribution in [1.82, 2.24) is 9.88 Å². The number of rotatable bonds is 4. The van der Waals surface area contributed by atoms with Gasteiger partial charge in [0.05, 0.1) is 12.7 Å². The lowest BCUT2D eigenvalue weighted by Gasteiger charge is -2.36. The number of hydrogen-bond acceptors (Lipinski definition) is 4. The maximum Gasteiger partial charge on any atom is 0.325 e. The highest BCUT2D eigenvalue weighted by atomic mass is 35.5. The maximum absolute atomic E-state index is 13.2. The molecule has 1 saturated heterocycles. The number of nitrogens with zero attached hydrogens (tertiary/aromatic N) is 2. The van der Waals surface area contributed by atoms with Crippen LogP contribution in [0.4, 0.5) is 4.39 Å². The SMILES string of the molecule is O=C(O)C(c1cccnc1)N1CCOC(c2ccc(F)cc2Cl)C1. The second-order valence-corrected chi connectivity index (χ2v) is 5.95. The van der Waals surface area contributed by atoms with Crippen LogP contribution >= 0.6 is 11.6 Å². The second kappa shape index (κ2) is 7.25. The molecule has 0 spiro atoms. The summed E-state index contributed by atoms with van der Waals surface area (Å²) < 4.78 is 19.0. The topological polar surface area (TPSA) is 62.7 Å². The summed E-state index contributed by atoms with van der Waals surface area (Å²) in [5.41, 5.74) is 1.26. The van der Waals surface area contributed by atoms with Crippen molar-refractivity contribution in [2.24, 2.45) is 0 Å². The van der Waals surface area contributed by atoms with Gasteiger partial charge < -0.3 is 9.84 Å². The number of carbonyl (C=O) groups is 1. The highest BCUT2D eigenvalue weighted by Gasteiger charge is 2.33. The van der Waals surface area contributed by atoms with Gasteiger partial charge in [0.15, 0.2) is 0 Å². The van der Waals surface area contributed by atoms with Crippen molar-refractivity contribution in [3.05, 3.63) is 64.7 Å². The standard InChI is InChI=1S/C17H16ClFN2O3/c18-14-8-12(19)3-4-13(14)15-10-21(6-7-24-15)16(17(22)23)11-2-1-5-20-9-11/h1-5,8-9,15-16H,6-7,10H2,(H,22,23). The summed E-state index contributed by atoms with van der Waals surface area (Å²) in [4.78, 5) is 17.6. The van der Waals surface area contributed by atoms with Gasteiger partial charge in [-0.1, -0.05) is 23.7 Å². The minimum Gasteiger partial charge on any atom is -0.480 e. The molecule has 1 aliphatic heterocycles. The highest BCUT2D eigenvalue weighted by molar-refractivity contribution is 6.31. The molecule has 1 fully saturated rings. The molecule has 0 amide bonds. The number of benzene rings is 1. The van der Waals surface area contributed by atoms with Crippen LogP contribution in [0.25, 0.3) is 0 Å². The fourth-order valence-corrected chi connectivity index (χ4v) is 3.19. The molecule has 0 radical (unpaired) electrons. The molecule has 2 atom stereocenters. The molecule has 0 saturated carbocycles. The normalized spacial score (nSPS) is 19.8. The Hall–Kier alpha value is -2.02. The molecule has 0 aliphatic carbocycles. The fraction of sp³-hybridized carbons (Fsp3) is 0.294. The zero-order valence-corrected chi connectivity index (χ0v) is 13.5. The van der Waals surface area contributed by atoms with Crippen LogP contribution in [0.3, 0.4) is 0 Å². The first-order valence-corrected chi connectivity index (χ1v) is 7.87. The van der Waals surface area contributed by atoms with E-state index in [0.717, 1.165) is 0 Å². The van der Waals surface area contributed by atoms with E-state index >= 15 is 0 Å². The molecule has 0 bridgehead atoms. The molecule has 2 unspecified atom stereocenters. The highest BCUT2D eigenvalue weighted by Crippen LogP contribution is 2.32.